The lowest BCUT2D eigenvalue weighted by molar-refractivity contribution is 0.370. The number of hydrogen-bond donors (Lipinski definition) is 2. The summed E-state index contributed by atoms with van der Waals surface area (Å²) in [5.41, 5.74) is 0.360. The van der Waals surface area contributed by atoms with Crippen LogP contribution in [-0.4, -0.2) is 52.2 Å². The van der Waals surface area contributed by atoms with Crippen molar-refractivity contribution in [3.05, 3.63) is 24.2 Å². The van der Waals surface area contributed by atoms with Gasteiger partial charge in [-0.25, -0.2) is 4.98 Å². The molecule has 138 valence electrons. The average molecular weight is 458 g/mol. The summed E-state index contributed by atoms with van der Waals surface area (Å²) in [6.07, 6.45) is 3.54. The molecule has 0 amide bonds. The molecule has 8 heteroatoms. The van der Waals surface area contributed by atoms with Crippen molar-refractivity contribution in [2.24, 2.45) is 10.4 Å². The fourth-order valence-corrected chi connectivity index (χ4v) is 2.91. The summed E-state index contributed by atoms with van der Waals surface area (Å²) >= 11 is 0. The highest BCUT2D eigenvalue weighted by Gasteiger charge is 2.30. The van der Waals surface area contributed by atoms with Crippen LogP contribution < -0.4 is 5.32 Å². The first-order valence-electron chi connectivity index (χ1n) is 8.56. The molecule has 1 saturated heterocycles. The van der Waals surface area contributed by atoms with Gasteiger partial charge in [0, 0.05) is 32.6 Å². The number of H-pyrrole nitrogens is 1. The van der Waals surface area contributed by atoms with Crippen LogP contribution in [0.25, 0.3) is 11.6 Å². The van der Waals surface area contributed by atoms with Crippen LogP contribution in [0.1, 0.15) is 33.0 Å². The molecule has 0 aromatic carbocycles. The van der Waals surface area contributed by atoms with Gasteiger partial charge in [-0.05, 0) is 30.9 Å². The molecule has 0 unspecified atom stereocenters. The Hall–Kier alpha value is -1.58. The largest absolute Gasteiger partial charge is 0.461 e. The lowest BCUT2D eigenvalue weighted by atomic mass is 9.93. The normalized spacial score (nSPS) is 16.8. The van der Waals surface area contributed by atoms with Crippen molar-refractivity contribution < 1.29 is 4.42 Å². The minimum atomic E-state index is 0. The first-order chi connectivity index (χ1) is 11.6. The van der Waals surface area contributed by atoms with Crippen LogP contribution in [0.15, 0.2) is 27.8 Å². The molecule has 0 spiro atoms. The highest BCUT2D eigenvalue weighted by Crippen LogP contribution is 2.28. The zero-order valence-electron chi connectivity index (χ0n) is 15.1. The van der Waals surface area contributed by atoms with Gasteiger partial charge in [-0.1, -0.05) is 13.8 Å². The van der Waals surface area contributed by atoms with Crippen LogP contribution in [0.3, 0.4) is 0 Å². The zero-order valence-corrected chi connectivity index (χ0v) is 17.4. The predicted octanol–water partition coefficient (Wildman–Crippen LogP) is 2.92. The third-order valence-electron chi connectivity index (χ3n) is 4.20. The topological polar surface area (TPSA) is 82.3 Å². The van der Waals surface area contributed by atoms with E-state index in [1.54, 1.807) is 6.26 Å². The van der Waals surface area contributed by atoms with Gasteiger partial charge >= 0.3 is 0 Å². The molecule has 2 aromatic rings. The van der Waals surface area contributed by atoms with Gasteiger partial charge in [0.05, 0.1) is 6.26 Å². The number of aromatic nitrogens is 3. The van der Waals surface area contributed by atoms with Gasteiger partial charge in [-0.3, -0.25) is 10.1 Å². The lowest BCUT2D eigenvalue weighted by Crippen LogP contribution is -2.40. The first-order valence-corrected chi connectivity index (χ1v) is 8.56. The van der Waals surface area contributed by atoms with Crippen molar-refractivity contribution in [2.45, 2.75) is 33.6 Å². The van der Waals surface area contributed by atoms with Gasteiger partial charge in [-0.15, -0.1) is 24.0 Å². The third-order valence-corrected chi connectivity index (χ3v) is 4.20. The van der Waals surface area contributed by atoms with Crippen LogP contribution in [-0.2, 0) is 6.42 Å². The van der Waals surface area contributed by atoms with Crippen LogP contribution in [0.4, 0.5) is 0 Å². The number of aromatic amines is 1. The van der Waals surface area contributed by atoms with E-state index in [0.29, 0.717) is 23.5 Å². The quantitative estimate of drug-likeness (QED) is 0.409. The maximum absolute atomic E-state index is 5.31. The minimum Gasteiger partial charge on any atom is -0.461 e. The maximum atomic E-state index is 5.31. The van der Waals surface area contributed by atoms with Crippen LogP contribution in [0, 0.1) is 5.41 Å². The van der Waals surface area contributed by atoms with Crippen molar-refractivity contribution in [1.29, 1.82) is 0 Å². The van der Waals surface area contributed by atoms with E-state index in [9.17, 15) is 0 Å². The van der Waals surface area contributed by atoms with Gasteiger partial charge < -0.3 is 14.6 Å². The zero-order chi connectivity index (χ0) is 17.0. The molecule has 1 aliphatic heterocycles. The Bertz CT molecular complexity index is 679. The third kappa shape index (κ3) is 5.20. The molecule has 2 N–H and O–H groups in total. The van der Waals surface area contributed by atoms with E-state index in [0.717, 1.165) is 37.8 Å². The molecular weight excluding hydrogens is 431 g/mol. The van der Waals surface area contributed by atoms with Crippen LogP contribution >= 0.6 is 24.0 Å². The molecular formula is C17H27IN6O. The fourth-order valence-electron chi connectivity index (χ4n) is 2.91. The van der Waals surface area contributed by atoms with Crippen molar-refractivity contribution in [2.75, 3.05) is 26.2 Å². The van der Waals surface area contributed by atoms with E-state index in [4.69, 9.17) is 9.41 Å². The van der Waals surface area contributed by atoms with Crippen LogP contribution in [0.2, 0.25) is 0 Å². The molecule has 1 aliphatic rings. The van der Waals surface area contributed by atoms with Crippen molar-refractivity contribution in [3.63, 3.8) is 0 Å². The van der Waals surface area contributed by atoms with E-state index >= 15 is 0 Å². The summed E-state index contributed by atoms with van der Waals surface area (Å²) in [6.45, 7) is 10.4. The molecule has 3 heterocycles. The summed E-state index contributed by atoms with van der Waals surface area (Å²) in [6, 6.07) is 3.68. The first kappa shape index (κ1) is 19.7. The van der Waals surface area contributed by atoms with E-state index < -0.39 is 0 Å². The Kier molecular flexibility index (Phi) is 6.86. The number of halogens is 1. The number of nitrogens with one attached hydrogen (secondary N) is 2. The summed E-state index contributed by atoms with van der Waals surface area (Å²) < 4.78 is 5.31. The molecule has 0 atom stereocenters. The van der Waals surface area contributed by atoms with Gasteiger partial charge in [0.2, 0.25) is 5.82 Å². The second-order valence-electron chi connectivity index (χ2n) is 6.90. The number of furan rings is 1. The molecule has 0 saturated carbocycles. The van der Waals surface area contributed by atoms with Gasteiger partial charge in [-0.2, -0.15) is 5.10 Å². The molecule has 25 heavy (non-hydrogen) atoms. The number of guanidine groups is 1. The standard InChI is InChI=1S/C17H26N6O.HI/c1-4-18-16(23-10-8-17(2,3)12-23)19-9-7-14-20-15(22-21-14)13-6-5-11-24-13;/h5-6,11H,4,7-10,12H2,1-3H3,(H,18,19)(H,20,21,22);1H. The number of rotatable bonds is 5. The van der Waals surface area contributed by atoms with Crippen molar-refractivity contribution in [1.82, 2.24) is 25.4 Å². The second kappa shape index (κ2) is 8.68. The fraction of sp³-hybridized carbons (Fsp3) is 0.588. The maximum Gasteiger partial charge on any atom is 0.216 e. The Balaban J connectivity index is 0.00000225. The van der Waals surface area contributed by atoms with Crippen molar-refractivity contribution in [3.8, 4) is 11.6 Å². The number of nitrogens with zero attached hydrogens (tertiary/aromatic N) is 4. The molecule has 0 radical (unpaired) electrons. The summed E-state index contributed by atoms with van der Waals surface area (Å²) in [5.74, 6) is 3.08. The second-order valence-corrected chi connectivity index (χ2v) is 6.90. The van der Waals surface area contributed by atoms with Crippen LogP contribution in [0.5, 0.6) is 0 Å². The number of likely N-dealkylation sites (tertiary alicyclic amines) is 1. The molecule has 0 bridgehead atoms. The van der Waals surface area contributed by atoms with E-state index in [-0.39, 0.29) is 24.0 Å². The summed E-state index contributed by atoms with van der Waals surface area (Å²) in [5, 5.41) is 10.5. The van der Waals surface area contributed by atoms with E-state index in [1.165, 1.54) is 6.42 Å². The number of hydrogen-bond acceptors (Lipinski definition) is 4. The Morgan fingerprint density at radius 2 is 2.32 bits per heavy atom. The summed E-state index contributed by atoms with van der Waals surface area (Å²) in [7, 11) is 0. The molecule has 0 aliphatic carbocycles. The van der Waals surface area contributed by atoms with Gasteiger partial charge in [0.1, 0.15) is 5.82 Å². The predicted molar refractivity (Wildman–Crippen MR) is 109 cm³/mol. The van der Waals surface area contributed by atoms with Gasteiger partial charge in [0.15, 0.2) is 11.7 Å². The Morgan fingerprint density at radius 1 is 1.48 bits per heavy atom. The summed E-state index contributed by atoms with van der Waals surface area (Å²) in [4.78, 5) is 11.5. The molecule has 3 rings (SSSR count). The Labute approximate surface area is 165 Å². The minimum absolute atomic E-state index is 0. The molecule has 2 aromatic heterocycles. The smallest absolute Gasteiger partial charge is 0.216 e. The Morgan fingerprint density at radius 3 is 2.96 bits per heavy atom. The van der Waals surface area contributed by atoms with Gasteiger partial charge in [0.25, 0.3) is 0 Å². The molecule has 7 nitrogen and oxygen atoms in total. The highest BCUT2D eigenvalue weighted by molar-refractivity contribution is 14.0. The van der Waals surface area contributed by atoms with Crippen molar-refractivity contribution >= 4 is 29.9 Å². The van der Waals surface area contributed by atoms with E-state index in [1.807, 2.05) is 12.1 Å². The highest BCUT2D eigenvalue weighted by atomic mass is 127. The average Bonchev–Trinajstić information content (AvgIpc) is 3.26. The SMILES string of the molecule is CCNC(=NCCc1nc(-c2ccco2)n[nH]1)N1CCC(C)(C)C1.I. The number of aliphatic imine (C=N–C) groups is 1. The lowest BCUT2D eigenvalue weighted by Gasteiger charge is -2.23. The molecule has 1 fully saturated rings. The monoisotopic (exact) mass is 458 g/mol. The van der Waals surface area contributed by atoms with E-state index in [2.05, 4.69) is 46.2 Å².